The number of nitrogens with two attached hydrogens (primary N) is 1. The molecule has 17 heavy (non-hydrogen) atoms. The second kappa shape index (κ2) is 6.66. The number of nitrogens with zero attached hydrogens (tertiary/aromatic N) is 2. The summed E-state index contributed by atoms with van der Waals surface area (Å²) in [6, 6.07) is 9.02. The van der Waals surface area contributed by atoms with Crippen LogP contribution in [-0.4, -0.2) is 19.5 Å². The number of rotatable bonds is 5. The third-order valence-corrected chi connectivity index (χ3v) is 2.60. The van der Waals surface area contributed by atoms with Crippen LogP contribution >= 0.6 is 0 Å². The highest BCUT2D eigenvalue weighted by molar-refractivity contribution is 5.92. The Balaban J connectivity index is 2.59. The molecule has 0 aliphatic carbocycles. The van der Waals surface area contributed by atoms with Crippen LogP contribution in [0.25, 0.3) is 0 Å². The molecule has 0 atom stereocenters. The minimum Gasteiger partial charge on any atom is -0.330 e. The zero-order valence-corrected chi connectivity index (χ0v) is 10.0. The van der Waals surface area contributed by atoms with E-state index in [1.54, 1.807) is 36.2 Å². The molecule has 1 aromatic rings. The molecule has 1 aromatic carbocycles. The summed E-state index contributed by atoms with van der Waals surface area (Å²) in [4.78, 5) is 13.4. The van der Waals surface area contributed by atoms with E-state index in [1.165, 1.54) is 0 Å². The number of carbonyl (C=O) groups excluding carboxylic acids is 1. The summed E-state index contributed by atoms with van der Waals surface area (Å²) in [5.74, 6) is 0.0724. The molecule has 0 aromatic heterocycles. The van der Waals surface area contributed by atoms with Gasteiger partial charge in [0.25, 0.3) is 0 Å². The van der Waals surface area contributed by atoms with E-state index in [4.69, 9.17) is 11.0 Å². The molecule has 0 heterocycles. The van der Waals surface area contributed by atoms with Gasteiger partial charge in [0.2, 0.25) is 5.91 Å². The number of hydrogen-bond donors (Lipinski definition) is 1. The summed E-state index contributed by atoms with van der Waals surface area (Å²) < 4.78 is 0. The van der Waals surface area contributed by atoms with Crippen molar-refractivity contribution in [2.24, 2.45) is 5.73 Å². The topological polar surface area (TPSA) is 70.1 Å². The second-order valence-electron chi connectivity index (χ2n) is 3.86. The lowest BCUT2D eigenvalue weighted by atomic mass is 10.2. The maximum absolute atomic E-state index is 11.8. The van der Waals surface area contributed by atoms with Gasteiger partial charge in [-0.2, -0.15) is 5.26 Å². The monoisotopic (exact) mass is 231 g/mol. The van der Waals surface area contributed by atoms with Gasteiger partial charge in [-0.3, -0.25) is 4.79 Å². The van der Waals surface area contributed by atoms with Gasteiger partial charge in [0.1, 0.15) is 0 Å². The van der Waals surface area contributed by atoms with E-state index in [0.29, 0.717) is 18.5 Å². The molecule has 0 unspecified atom stereocenters. The highest BCUT2D eigenvalue weighted by Gasteiger charge is 2.09. The Kier molecular flexibility index (Phi) is 5.18. The van der Waals surface area contributed by atoms with Gasteiger partial charge in [0.05, 0.1) is 11.6 Å². The Morgan fingerprint density at radius 3 is 2.53 bits per heavy atom. The van der Waals surface area contributed by atoms with Crippen molar-refractivity contribution >= 4 is 11.6 Å². The molecule has 1 amide bonds. The molecule has 90 valence electrons. The molecule has 4 nitrogen and oxygen atoms in total. The summed E-state index contributed by atoms with van der Waals surface area (Å²) in [6.07, 6.45) is 2.19. The summed E-state index contributed by atoms with van der Waals surface area (Å²) >= 11 is 0. The van der Waals surface area contributed by atoms with Crippen LogP contribution in [0.3, 0.4) is 0 Å². The smallest absolute Gasteiger partial charge is 0.226 e. The van der Waals surface area contributed by atoms with Gasteiger partial charge in [-0.1, -0.05) is 0 Å². The number of nitriles is 1. The van der Waals surface area contributed by atoms with Crippen molar-refractivity contribution in [1.29, 1.82) is 5.26 Å². The largest absolute Gasteiger partial charge is 0.330 e. The first-order valence-corrected chi connectivity index (χ1v) is 5.66. The van der Waals surface area contributed by atoms with Crippen molar-refractivity contribution in [3.05, 3.63) is 29.8 Å². The molecule has 0 saturated heterocycles. The third-order valence-electron chi connectivity index (χ3n) is 2.60. The van der Waals surface area contributed by atoms with Crippen LogP contribution in [-0.2, 0) is 4.79 Å². The number of amides is 1. The molecular formula is C13H17N3O. The van der Waals surface area contributed by atoms with Crippen molar-refractivity contribution < 1.29 is 4.79 Å². The van der Waals surface area contributed by atoms with Crippen molar-refractivity contribution in [3.63, 3.8) is 0 Å². The third kappa shape index (κ3) is 3.89. The number of carbonyl (C=O) groups is 1. The first kappa shape index (κ1) is 13.2. The minimum atomic E-state index is 0.0724. The van der Waals surface area contributed by atoms with Gasteiger partial charge in [0, 0.05) is 19.2 Å². The maximum atomic E-state index is 11.8. The SMILES string of the molecule is CN(C(=O)CCCCN)c1ccc(C#N)cc1. The van der Waals surface area contributed by atoms with Gasteiger partial charge < -0.3 is 10.6 Å². The Hall–Kier alpha value is -1.86. The van der Waals surface area contributed by atoms with Crippen molar-refractivity contribution in [1.82, 2.24) is 0 Å². The number of anilines is 1. The average Bonchev–Trinajstić information content (AvgIpc) is 2.38. The van der Waals surface area contributed by atoms with Gasteiger partial charge >= 0.3 is 0 Å². The zero-order valence-electron chi connectivity index (χ0n) is 10.0. The maximum Gasteiger partial charge on any atom is 0.226 e. The van der Waals surface area contributed by atoms with Crippen LogP contribution < -0.4 is 10.6 Å². The Bertz CT molecular complexity index is 406. The van der Waals surface area contributed by atoms with Crippen molar-refractivity contribution in [2.75, 3.05) is 18.5 Å². The Morgan fingerprint density at radius 1 is 1.35 bits per heavy atom. The number of benzene rings is 1. The van der Waals surface area contributed by atoms with E-state index in [1.807, 2.05) is 6.07 Å². The fourth-order valence-electron chi connectivity index (χ4n) is 1.49. The van der Waals surface area contributed by atoms with Gasteiger partial charge in [0.15, 0.2) is 0 Å². The van der Waals surface area contributed by atoms with Crippen molar-refractivity contribution in [2.45, 2.75) is 19.3 Å². The van der Waals surface area contributed by atoms with Crippen molar-refractivity contribution in [3.8, 4) is 6.07 Å². The molecule has 0 radical (unpaired) electrons. The molecule has 1 rings (SSSR count). The van der Waals surface area contributed by atoms with Crippen LogP contribution in [0, 0.1) is 11.3 Å². The molecule has 0 aliphatic heterocycles. The fourth-order valence-corrected chi connectivity index (χ4v) is 1.49. The lowest BCUT2D eigenvalue weighted by Gasteiger charge is -2.17. The van der Waals surface area contributed by atoms with Crippen LogP contribution in [0.1, 0.15) is 24.8 Å². The predicted molar refractivity (Wildman–Crippen MR) is 67.5 cm³/mol. The standard InChI is InChI=1S/C13H17N3O/c1-16(13(17)4-2-3-9-14)12-7-5-11(10-15)6-8-12/h5-8H,2-4,9,14H2,1H3. The van der Waals surface area contributed by atoms with Crippen LogP contribution in [0.5, 0.6) is 0 Å². The summed E-state index contributed by atoms with van der Waals surface area (Å²) in [7, 11) is 1.74. The molecule has 0 bridgehead atoms. The van der Waals surface area contributed by atoms with E-state index in [2.05, 4.69) is 0 Å². The highest BCUT2D eigenvalue weighted by Crippen LogP contribution is 2.15. The number of unbranched alkanes of at least 4 members (excludes halogenated alkanes) is 1. The second-order valence-corrected chi connectivity index (χ2v) is 3.86. The summed E-state index contributed by atoms with van der Waals surface area (Å²) in [5.41, 5.74) is 6.78. The lowest BCUT2D eigenvalue weighted by molar-refractivity contribution is -0.118. The zero-order chi connectivity index (χ0) is 12.7. The highest BCUT2D eigenvalue weighted by atomic mass is 16.2. The quantitative estimate of drug-likeness (QED) is 0.783. The van der Waals surface area contributed by atoms with Gasteiger partial charge in [-0.25, -0.2) is 0 Å². The van der Waals surface area contributed by atoms with Gasteiger partial charge in [-0.15, -0.1) is 0 Å². The van der Waals surface area contributed by atoms with Crippen LogP contribution in [0.2, 0.25) is 0 Å². The summed E-state index contributed by atoms with van der Waals surface area (Å²) in [6.45, 7) is 0.619. The molecule has 2 N–H and O–H groups in total. The minimum absolute atomic E-state index is 0.0724. The van der Waals surface area contributed by atoms with E-state index >= 15 is 0 Å². The first-order valence-electron chi connectivity index (χ1n) is 5.66. The molecule has 4 heteroatoms. The fraction of sp³-hybridized carbons (Fsp3) is 0.385. The van der Waals surface area contributed by atoms with Gasteiger partial charge in [-0.05, 0) is 43.7 Å². The lowest BCUT2D eigenvalue weighted by Crippen LogP contribution is -2.25. The molecule has 0 aliphatic rings. The van der Waals surface area contributed by atoms with E-state index in [0.717, 1.165) is 18.5 Å². The van der Waals surface area contributed by atoms with E-state index in [-0.39, 0.29) is 5.91 Å². The average molecular weight is 231 g/mol. The Morgan fingerprint density at radius 2 is 2.00 bits per heavy atom. The normalized spacial score (nSPS) is 9.71. The Labute approximate surface area is 102 Å². The summed E-state index contributed by atoms with van der Waals surface area (Å²) in [5, 5.41) is 8.68. The molecule has 0 spiro atoms. The number of hydrogen-bond acceptors (Lipinski definition) is 3. The van der Waals surface area contributed by atoms with E-state index < -0.39 is 0 Å². The molecule has 0 fully saturated rings. The van der Waals surface area contributed by atoms with Crippen LogP contribution in [0.15, 0.2) is 24.3 Å². The van der Waals surface area contributed by atoms with E-state index in [9.17, 15) is 4.79 Å². The van der Waals surface area contributed by atoms with Crippen LogP contribution in [0.4, 0.5) is 5.69 Å². The molecule has 0 saturated carbocycles. The molecular weight excluding hydrogens is 214 g/mol. The predicted octanol–water partition coefficient (Wildman–Crippen LogP) is 1.65. The first-order chi connectivity index (χ1) is 8.19.